The molecular weight excluding hydrogens is 394 g/mol. The largest absolute Gasteiger partial charge is 0.341 e. The summed E-state index contributed by atoms with van der Waals surface area (Å²) in [5.41, 5.74) is 4.07. The number of rotatable bonds is 3. The summed E-state index contributed by atoms with van der Waals surface area (Å²) in [5.74, 6) is 2.72. The summed E-state index contributed by atoms with van der Waals surface area (Å²) in [6, 6.07) is 16.0. The van der Waals surface area contributed by atoms with Gasteiger partial charge < -0.3 is 15.5 Å². The summed E-state index contributed by atoms with van der Waals surface area (Å²) in [4.78, 5) is 2.15. The fourth-order valence-electron chi connectivity index (χ4n) is 2.72. The Hall–Kier alpha value is -2.29. The zero-order valence-electron chi connectivity index (χ0n) is 13.8. The number of anilines is 3. The summed E-state index contributed by atoms with van der Waals surface area (Å²) in [6.45, 7) is 2.61. The van der Waals surface area contributed by atoms with Gasteiger partial charge in [0.05, 0.1) is 6.54 Å². The molecule has 1 aliphatic heterocycles. The molecule has 3 rings (SSSR count). The van der Waals surface area contributed by atoms with Crippen LogP contribution in [0.4, 0.5) is 17.1 Å². The van der Waals surface area contributed by atoms with Gasteiger partial charge in [-0.05, 0) is 61.1 Å². The predicted octanol–water partition coefficient (Wildman–Crippen LogP) is 5.07. The Balaban J connectivity index is 1.78. The van der Waals surface area contributed by atoms with Crippen molar-refractivity contribution in [3.8, 4) is 12.3 Å². The standard InChI is InChI=1S/C20H18BrN3S/c1-3-13-24-18-10-9-17(14-15(18)11-12-20(24,2)21)23-19(25)22-16-7-5-4-6-8-16/h1,4-12,14H,13H2,2H3,(H2,22,23,25). The van der Waals surface area contributed by atoms with Crippen molar-refractivity contribution < 1.29 is 0 Å². The molecule has 0 fully saturated rings. The first-order valence-electron chi connectivity index (χ1n) is 7.86. The Bertz CT molecular complexity index is 853. The highest BCUT2D eigenvalue weighted by Gasteiger charge is 2.30. The maximum absolute atomic E-state index is 5.53. The first-order chi connectivity index (χ1) is 12.0. The average molecular weight is 412 g/mol. The molecule has 5 heteroatoms. The molecule has 2 N–H and O–H groups in total. The van der Waals surface area contributed by atoms with Crippen molar-refractivity contribution in [2.75, 3.05) is 22.1 Å². The molecule has 0 aromatic heterocycles. The summed E-state index contributed by atoms with van der Waals surface area (Å²) in [6.07, 6.45) is 9.72. The molecule has 0 radical (unpaired) electrons. The van der Waals surface area contributed by atoms with E-state index >= 15 is 0 Å². The van der Waals surface area contributed by atoms with Crippen molar-refractivity contribution in [1.82, 2.24) is 0 Å². The van der Waals surface area contributed by atoms with Crippen molar-refractivity contribution in [3.05, 3.63) is 60.2 Å². The van der Waals surface area contributed by atoms with Gasteiger partial charge in [0.25, 0.3) is 0 Å². The van der Waals surface area contributed by atoms with Crippen molar-refractivity contribution in [1.29, 1.82) is 0 Å². The fourth-order valence-corrected chi connectivity index (χ4v) is 3.41. The van der Waals surface area contributed by atoms with Crippen LogP contribution in [-0.2, 0) is 0 Å². The Morgan fingerprint density at radius 2 is 1.92 bits per heavy atom. The molecule has 0 saturated carbocycles. The van der Waals surface area contributed by atoms with E-state index in [1.165, 1.54) is 0 Å². The third kappa shape index (κ3) is 4.04. The molecule has 2 aromatic carbocycles. The van der Waals surface area contributed by atoms with Gasteiger partial charge in [0.15, 0.2) is 5.11 Å². The molecule has 2 aromatic rings. The number of hydrogen-bond donors (Lipinski definition) is 2. The number of benzene rings is 2. The number of fused-ring (bicyclic) bond motifs is 1. The van der Waals surface area contributed by atoms with Crippen LogP contribution in [0.25, 0.3) is 6.08 Å². The second kappa shape index (κ2) is 7.30. The maximum atomic E-state index is 5.53. The third-order valence-electron chi connectivity index (χ3n) is 3.95. The molecule has 126 valence electrons. The number of nitrogens with one attached hydrogen (secondary N) is 2. The number of terminal acetylenes is 1. The van der Waals surface area contributed by atoms with E-state index in [4.69, 9.17) is 18.6 Å². The van der Waals surface area contributed by atoms with Crippen LogP contribution in [0.5, 0.6) is 0 Å². The first-order valence-corrected chi connectivity index (χ1v) is 9.06. The van der Waals surface area contributed by atoms with E-state index in [-0.39, 0.29) is 4.45 Å². The summed E-state index contributed by atoms with van der Waals surface area (Å²) in [7, 11) is 0. The molecule has 0 saturated heterocycles. The van der Waals surface area contributed by atoms with Crippen molar-refractivity contribution in [3.63, 3.8) is 0 Å². The van der Waals surface area contributed by atoms with Gasteiger partial charge in [-0.1, -0.05) is 46.1 Å². The average Bonchev–Trinajstić information content (AvgIpc) is 2.58. The molecule has 0 aliphatic carbocycles. The Morgan fingerprint density at radius 3 is 2.64 bits per heavy atom. The van der Waals surface area contributed by atoms with Crippen LogP contribution in [0.2, 0.25) is 0 Å². The minimum absolute atomic E-state index is 0.286. The van der Waals surface area contributed by atoms with E-state index in [1.807, 2.05) is 36.4 Å². The normalized spacial score (nSPS) is 18.2. The lowest BCUT2D eigenvalue weighted by Crippen LogP contribution is -2.42. The molecule has 0 spiro atoms. The number of hydrogen-bond acceptors (Lipinski definition) is 2. The Kier molecular flexibility index (Phi) is 5.12. The van der Waals surface area contributed by atoms with Gasteiger partial charge in [-0.15, -0.1) is 6.42 Å². The monoisotopic (exact) mass is 411 g/mol. The summed E-state index contributed by atoms with van der Waals surface area (Å²) >= 11 is 9.11. The number of halogens is 1. The Morgan fingerprint density at radius 1 is 1.20 bits per heavy atom. The van der Waals surface area contributed by atoms with E-state index in [2.05, 4.69) is 68.6 Å². The lowest BCUT2D eigenvalue weighted by molar-refractivity contribution is 0.743. The van der Waals surface area contributed by atoms with Crippen molar-refractivity contribution in [2.24, 2.45) is 0 Å². The first kappa shape index (κ1) is 17.5. The smallest absolute Gasteiger partial charge is 0.175 e. The highest BCUT2D eigenvalue weighted by atomic mass is 79.9. The number of para-hydroxylation sites is 1. The van der Waals surface area contributed by atoms with E-state index in [0.717, 1.165) is 22.6 Å². The number of alkyl halides is 1. The van der Waals surface area contributed by atoms with Crippen LogP contribution in [0.3, 0.4) is 0 Å². The summed E-state index contributed by atoms with van der Waals surface area (Å²) < 4.78 is -0.286. The highest BCUT2D eigenvalue weighted by molar-refractivity contribution is 9.10. The van der Waals surface area contributed by atoms with E-state index < -0.39 is 0 Å². The van der Waals surface area contributed by atoms with Gasteiger partial charge in [-0.2, -0.15) is 0 Å². The van der Waals surface area contributed by atoms with Crippen LogP contribution in [0, 0.1) is 12.3 Å². The van der Waals surface area contributed by atoms with Crippen LogP contribution in [0.15, 0.2) is 54.6 Å². The van der Waals surface area contributed by atoms with E-state index in [9.17, 15) is 0 Å². The molecule has 0 bridgehead atoms. The van der Waals surface area contributed by atoms with Gasteiger partial charge in [0.2, 0.25) is 0 Å². The molecule has 1 heterocycles. The molecule has 1 aliphatic rings. The van der Waals surface area contributed by atoms with Crippen LogP contribution in [0.1, 0.15) is 12.5 Å². The molecule has 0 amide bonds. The van der Waals surface area contributed by atoms with Gasteiger partial charge in [-0.3, -0.25) is 0 Å². The number of nitrogens with zero attached hydrogens (tertiary/aromatic N) is 1. The summed E-state index contributed by atoms with van der Waals surface area (Å²) in [5, 5.41) is 6.95. The van der Waals surface area contributed by atoms with Gasteiger partial charge in [0.1, 0.15) is 4.45 Å². The second-order valence-electron chi connectivity index (χ2n) is 5.87. The lowest BCUT2D eigenvalue weighted by atomic mass is 10.0. The molecular formula is C20H18BrN3S. The van der Waals surface area contributed by atoms with Crippen molar-refractivity contribution in [2.45, 2.75) is 11.4 Å². The fraction of sp³-hybridized carbons (Fsp3) is 0.150. The van der Waals surface area contributed by atoms with Crippen LogP contribution in [-0.4, -0.2) is 16.1 Å². The zero-order chi connectivity index (χ0) is 17.9. The zero-order valence-corrected chi connectivity index (χ0v) is 16.2. The lowest BCUT2D eigenvalue weighted by Gasteiger charge is -2.39. The van der Waals surface area contributed by atoms with Gasteiger partial charge in [-0.25, -0.2) is 0 Å². The topological polar surface area (TPSA) is 27.3 Å². The van der Waals surface area contributed by atoms with E-state index in [0.29, 0.717) is 11.7 Å². The van der Waals surface area contributed by atoms with Gasteiger partial charge >= 0.3 is 0 Å². The minimum atomic E-state index is -0.286. The number of thiocarbonyl (C=S) groups is 1. The second-order valence-corrected chi connectivity index (χ2v) is 7.88. The molecule has 1 atom stereocenters. The minimum Gasteiger partial charge on any atom is -0.341 e. The molecule has 25 heavy (non-hydrogen) atoms. The molecule has 3 nitrogen and oxygen atoms in total. The Labute approximate surface area is 162 Å². The van der Waals surface area contributed by atoms with Gasteiger partial charge in [0, 0.05) is 17.1 Å². The van der Waals surface area contributed by atoms with Crippen LogP contribution < -0.4 is 15.5 Å². The quantitative estimate of drug-likeness (QED) is 0.319. The van der Waals surface area contributed by atoms with E-state index in [1.54, 1.807) is 0 Å². The predicted molar refractivity (Wildman–Crippen MR) is 115 cm³/mol. The van der Waals surface area contributed by atoms with Crippen LogP contribution >= 0.6 is 28.1 Å². The third-order valence-corrected chi connectivity index (χ3v) is 4.85. The highest BCUT2D eigenvalue weighted by Crippen LogP contribution is 2.39. The molecule has 1 unspecified atom stereocenters. The maximum Gasteiger partial charge on any atom is 0.175 e. The van der Waals surface area contributed by atoms with Crippen molar-refractivity contribution >= 4 is 56.4 Å². The SMILES string of the molecule is C#CCN1c2ccc(NC(=S)Nc3ccccc3)cc2C=CC1(C)Br.